The Bertz CT molecular complexity index is 756. The molecule has 1 aromatic carbocycles. The topological polar surface area (TPSA) is 65.8 Å². The number of benzene rings is 1. The van der Waals surface area contributed by atoms with Gasteiger partial charge in [0.15, 0.2) is 0 Å². The predicted octanol–water partition coefficient (Wildman–Crippen LogP) is -1.09. The second-order valence-electron chi connectivity index (χ2n) is 5.67. The Kier molecular flexibility index (Phi) is 6.98. The van der Waals surface area contributed by atoms with Crippen molar-refractivity contribution in [2.45, 2.75) is 45.6 Å². The van der Waals surface area contributed by atoms with Crippen molar-refractivity contribution in [1.29, 1.82) is 0 Å². The minimum absolute atomic E-state index is 0. The molecule has 2 N–H and O–H groups in total. The summed E-state index contributed by atoms with van der Waals surface area (Å²) in [6, 6.07) is 1.76. The fourth-order valence-electron chi connectivity index (χ4n) is 2.46. The van der Waals surface area contributed by atoms with Gasteiger partial charge in [0.1, 0.15) is 12.4 Å². The Morgan fingerprint density at radius 3 is 2.43 bits per heavy atom. The molecule has 0 fully saturated rings. The first kappa shape index (κ1) is 19.9. The summed E-state index contributed by atoms with van der Waals surface area (Å²) in [5, 5.41) is 0. The summed E-state index contributed by atoms with van der Waals surface area (Å²) in [5.41, 5.74) is 4.03. The average molecular weight is 402 g/mol. The van der Waals surface area contributed by atoms with Gasteiger partial charge < -0.3 is 17.0 Å². The largest absolute Gasteiger partial charge is 1.00 e. The van der Waals surface area contributed by atoms with Gasteiger partial charge in [-0.25, -0.2) is 17.7 Å². The van der Waals surface area contributed by atoms with E-state index in [0.717, 1.165) is 35.2 Å². The highest BCUT2D eigenvalue weighted by molar-refractivity contribution is 7.89. The van der Waals surface area contributed by atoms with Crippen LogP contribution in [-0.4, -0.2) is 19.9 Å². The van der Waals surface area contributed by atoms with Crippen molar-refractivity contribution in [3.63, 3.8) is 0 Å². The first-order valence-electron chi connectivity index (χ1n) is 7.42. The number of hydrogen-bond acceptors (Lipinski definition) is 2. The molecule has 0 aliphatic rings. The van der Waals surface area contributed by atoms with Crippen molar-refractivity contribution in [2.75, 3.05) is 6.54 Å². The molecule has 0 unspecified atom stereocenters. The molecule has 0 amide bonds. The summed E-state index contributed by atoms with van der Waals surface area (Å²) in [4.78, 5) is 3.35. The molecule has 7 heteroatoms. The summed E-state index contributed by atoms with van der Waals surface area (Å²) in [7, 11) is -3.46. The van der Waals surface area contributed by atoms with Crippen molar-refractivity contribution < 1.29 is 30.0 Å². The van der Waals surface area contributed by atoms with E-state index in [1.165, 1.54) is 0 Å². The Morgan fingerprint density at radius 2 is 1.83 bits per heavy atom. The molecule has 0 saturated carbocycles. The van der Waals surface area contributed by atoms with Crippen molar-refractivity contribution in [2.24, 2.45) is 0 Å². The van der Waals surface area contributed by atoms with E-state index in [-0.39, 0.29) is 17.0 Å². The van der Waals surface area contributed by atoms with Crippen molar-refractivity contribution in [1.82, 2.24) is 9.71 Å². The number of nitrogens with one attached hydrogen (secondary N) is 2. The molecule has 0 aliphatic heterocycles. The van der Waals surface area contributed by atoms with Crippen LogP contribution in [0.1, 0.15) is 28.7 Å². The highest BCUT2D eigenvalue weighted by Crippen LogP contribution is 2.24. The highest BCUT2D eigenvalue weighted by atomic mass is 79.9. The Morgan fingerprint density at radius 1 is 1.13 bits per heavy atom. The summed E-state index contributed by atoms with van der Waals surface area (Å²) < 4.78 is 29.7. The minimum Gasteiger partial charge on any atom is -1.00 e. The van der Waals surface area contributed by atoms with Gasteiger partial charge in [-0.15, -0.1) is 0 Å². The third kappa shape index (κ3) is 4.65. The molecule has 0 spiro atoms. The maximum Gasteiger partial charge on any atom is 0.241 e. The summed E-state index contributed by atoms with van der Waals surface area (Å²) in [6.45, 7) is 9.01. The van der Waals surface area contributed by atoms with E-state index >= 15 is 0 Å². The second kappa shape index (κ2) is 8.08. The SMILES string of the molecule is Cc1cc(S(=O)(=O)NCCC[n+]2cc[nH]c2)c(C)c(C)c1C.[Br-]. The fraction of sp³-hybridized carbons (Fsp3) is 0.438. The minimum atomic E-state index is -3.46. The Balaban J connectivity index is 0.00000264. The van der Waals surface area contributed by atoms with Crippen LogP contribution < -0.4 is 26.3 Å². The third-order valence-corrected chi connectivity index (χ3v) is 5.80. The van der Waals surface area contributed by atoms with E-state index in [0.29, 0.717) is 11.4 Å². The van der Waals surface area contributed by atoms with Gasteiger partial charge in [-0.05, 0) is 62.4 Å². The first-order valence-corrected chi connectivity index (χ1v) is 8.90. The zero-order valence-corrected chi connectivity index (χ0v) is 16.4. The van der Waals surface area contributed by atoms with Crippen LogP contribution in [0.25, 0.3) is 0 Å². The molecule has 0 atom stereocenters. The number of aromatic nitrogens is 2. The molecule has 23 heavy (non-hydrogen) atoms. The van der Waals surface area contributed by atoms with Crippen LogP contribution in [0.5, 0.6) is 0 Å². The molecule has 5 nitrogen and oxygen atoms in total. The summed E-state index contributed by atoms with van der Waals surface area (Å²) in [5.74, 6) is 0. The van der Waals surface area contributed by atoms with Crippen LogP contribution in [-0.2, 0) is 16.6 Å². The molecule has 2 aromatic rings. The number of aryl methyl sites for hydroxylation is 2. The van der Waals surface area contributed by atoms with Gasteiger partial charge in [-0.3, -0.25) is 4.98 Å². The lowest BCUT2D eigenvalue weighted by molar-refractivity contribution is -0.695. The molecular formula is C16H24BrN3O2S. The maximum absolute atomic E-state index is 12.5. The number of nitrogens with zero attached hydrogens (tertiary/aromatic N) is 1. The first-order chi connectivity index (χ1) is 10.3. The zero-order valence-electron chi connectivity index (χ0n) is 14.0. The monoisotopic (exact) mass is 401 g/mol. The normalized spacial score (nSPS) is 11.3. The molecule has 0 saturated heterocycles. The molecule has 0 bridgehead atoms. The molecular weight excluding hydrogens is 378 g/mol. The average Bonchev–Trinajstić information content (AvgIpc) is 2.98. The van der Waals surface area contributed by atoms with E-state index < -0.39 is 10.0 Å². The van der Waals surface area contributed by atoms with Crippen molar-refractivity contribution in [3.8, 4) is 0 Å². The number of H-pyrrole nitrogens is 1. The molecule has 1 heterocycles. The molecule has 2 rings (SSSR count). The van der Waals surface area contributed by atoms with E-state index in [9.17, 15) is 8.42 Å². The van der Waals surface area contributed by atoms with Gasteiger partial charge in [0.25, 0.3) is 0 Å². The molecule has 0 aliphatic carbocycles. The smallest absolute Gasteiger partial charge is 0.241 e. The lowest BCUT2D eigenvalue weighted by atomic mass is 10.00. The highest BCUT2D eigenvalue weighted by Gasteiger charge is 2.19. The van der Waals surface area contributed by atoms with Gasteiger partial charge in [-0.2, -0.15) is 0 Å². The van der Waals surface area contributed by atoms with Crippen LogP contribution in [0.3, 0.4) is 0 Å². The van der Waals surface area contributed by atoms with Gasteiger partial charge in [0, 0.05) is 6.54 Å². The van der Waals surface area contributed by atoms with E-state index in [1.54, 1.807) is 6.07 Å². The van der Waals surface area contributed by atoms with Crippen molar-refractivity contribution in [3.05, 3.63) is 47.0 Å². The van der Waals surface area contributed by atoms with Gasteiger partial charge in [-0.1, -0.05) is 0 Å². The maximum atomic E-state index is 12.5. The molecule has 1 aromatic heterocycles. The number of imidazole rings is 1. The van der Waals surface area contributed by atoms with E-state index in [4.69, 9.17) is 0 Å². The predicted molar refractivity (Wildman–Crippen MR) is 86.2 cm³/mol. The van der Waals surface area contributed by atoms with E-state index in [1.807, 2.05) is 51.0 Å². The molecule has 0 radical (unpaired) electrons. The number of sulfonamides is 1. The Hall–Kier alpha value is -1.18. The fourth-order valence-corrected chi connectivity index (χ4v) is 3.92. The van der Waals surface area contributed by atoms with Crippen LogP contribution in [0.2, 0.25) is 0 Å². The van der Waals surface area contributed by atoms with Crippen LogP contribution in [0.4, 0.5) is 0 Å². The standard InChI is InChI=1S/C16H23N3O2S.BrH/c1-12-10-16(15(4)14(3)13(12)2)22(20,21)18-6-5-8-19-9-7-17-11-19;/h7,9-11,18H,5-6,8H2,1-4H3;1H. The second-order valence-corrected chi connectivity index (χ2v) is 7.40. The number of hydrogen-bond donors (Lipinski definition) is 2. The van der Waals surface area contributed by atoms with Crippen LogP contribution >= 0.6 is 0 Å². The van der Waals surface area contributed by atoms with Crippen molar-refractivity contribution >= 4 is 10.0 Å². The quantitative estimate of drug-likeness (QED) is 0.477. The number of halogens is 1. The summed E-state index contributed by atoms with van der Waals surface area (Å²) in [6.07, 6.45) is 6.35. The number of rotatable bonds is 6. The zero-order chi connectivity index (χ0) is 16.3. The van der Waals surface area contributed by atoms with Gasteiger partial charge in [0.05, 0.1) is 11.4 Å². The summed E-state index contributed by atoms with van der Waals surface area (Å²) >= 11 is 0. The van der Waals surface area contributed by atoms with Crippen LogP contribution in [0.15, 0.2) is 29.7 Å². The van der Waals surface area contributed by atoms with Gasteiger partial charge in [0.2, 0.25) is 16.4 Å². The van der Waals surface area contributed by atoms with Gasteiger partial charge >= 0.3 is 0 Å². The third-order valence-electron chi connectivity index (χ3n) is 4.21. The number of aromatic amines is 1. The Labute approximate surface area is 149 Å². The molecule has 128 valence electrons. The van der Waals surface area contributed by atoms with Crippen LogP contribution in [0, 0.1) is 27.7 Å². The van der Waals surface area contributed by atoms with E-state index in [2.05, 4.69) is 9.71 Å². The lowest BCUT2D eigenvalue weighted by Crippen LogP contribution is -3.00. The lowest BCUT2D eigenvalue weighted by Gasteiger charge is -2.15.